The Balaban J connectivity index is 2.47. The number of nitrogens with zero attached hydrogens (tertiary/aromatic N) is 2. The van der Waals surface area contributed by atoms with Gasteiger partial charge in [0.05, 0.1) is 6.20 Å². The fraction of sp³-hybridized carbons (Fsp3) is 0.273. The van der Waals surface area contributed by atoms with Gasteiger partial charge in [-0.3, -0.25) is 9.20 Å². The summed E-state index contributed by atoms with van der Waals surface area (Å²) in [6.45, 7) is 2.00. The Labute approximate surface area is 82.4 Å². The molecule has 2 rings (SSSR count). The van der Waals surface area contributed by atoms with Gasteiger partial charge < -0.3 is 0 Å². The van der Waals surface area contributed by atoms with Gasteiger partial charge in [-0.25, -0.2) is 4.98 Å². The number of rotatable bonds is 3. The average Bonchev–Trinajstić information content (AvgIpc) is 2.61. The fourth-order valence-electron chi connectivity index (χ4n) is 1.49. The number of fused-ring (bicyclic) bond motifs is 1. The SMILES string of the molecule is CCCC(=O)c1cnc2ccccn12. The number of Topliss-reactive ketones (excluding diaryl/α,β-unsaturated/α-hetero) is 1. The van der Waals surface area contributed by atoms with Crippen molar-refractivity contribution in [2.24, 2.45) is 0 Å². The van der Waals surface area contributed by atoms with E-state index in [-0.39, 0.29) is 5.78 Å². The molecule has 0 spiro atoms. The van der Waals surface area contributed by atoms with E-state index in [1.165, 1.54) is 0 Å². The maximum absolute atomic E-state index is 11.7. The van der Waals surface area contributed by atoms with Gasteiger partial charge in [0.1, 0.15) is 11.3 Å². The monoisotopic (exact) mass is 188 g/mol. The molecule has 2 heterocycles. The van der Waals surface area contributed by atoms with Crippen LogP contribution in [0.5, 0.6) is 0 Å². The zero-order valence-electron chi connectivity index (χ0n) is 8.10. The van der Waals surface area contributed by atoms with Crippen molar-refractivity contribution in [1.82, 2.24) is 9.38 Å². The number of aromatic nitrogens is 2. The fourth-order valence-corrected chi connectivity index (χ4v) is 1.49. The molecule has 0 saturated carbocycles. The summed E-state index contributed by atoms with van der Waals surface area (Å²) in [4.78, 5) is 15.8. The van der Waals surface area contributed by atoms with Crippen LogP contribution in [0.3, 0.4) is 0 Å². The highest BCUT2D eigenvalue weighted by atomic mass is 16.1. The van der Waals surface area contributed by atoms with Crippen molar-refractivity contribution < 1.29 is 4.79 Å². The van der Waals surface area contributed by atoms with Crippen molar-refractivity contribution in [3.63, 3.8) is 0 Å². The lowest BCUT2D eigenvalue weighted by molar-refractivity contribution is 0.0976. The molecule has 0 N–H and O–H groups in total. The predicted molar refractivity (Wildman–Crippen MR) is 54.4 cm³/mol. The van der Waals surface area contributed by atoms with Gasteiger partial charge in [-0.1, -0.05) is 13.0 Å². The van der Waals surface area contributed by atoms with Gasteiger partial charge in [0.25, 0.3) is 0 Å². The minimum Gasteiger partial charge on any atom is -0.297 e. The smallest absolute Gasteiger partial charge is 0.181 e. The number of carbonyl (C=O) groups excluding carboxylic acids is 1. The second-order valence-electron chi connectivity index (χ2n) is 3.25. The number of pyridine rings is 1. The molecule has 14 heavy (non-hydrogen) atoms. The molecular weight excluding hydrogens is 176 g/mol. The average molecular weight is 188 g/mol. The maximum Gasteiger partial charge on any atom is 0.181 e. The minimum atomic E-state index is 0.159. The maximum atomic E-state index is 11.7. The van der Waals surface area contributed by atoms with Crippen LogP contribution in [0, 0.1) is 0 Å². The van der Waals surface area contributed by atoms with Crippen LogP contribution in [0.15, 0.2) is 30.6 Å². The zero-order valence-corrected chi connectivity index (χ0v) is 8.10. The highest BCUT2D eigenvalue weighted by Gasteiger charge is 2.09. The topological polar surface area (TPSA) is 34.4 Å². The van der Waals surface area contributed by atoms with Crippen molar-refractivity contribution in [2.45, 2.75) is 19.8 Å². The van der Waals surface area contributed by atoms with Crippen LogP contribution in [0.1, 0.15) is 30.3 Å². The Hall–Kier alpha value is -1.64. The van der Waals surface area contributed by atoms with Gasteiger partial charge in [-0.2, -0.15) is 0 Å². The van der Waals surface area contributed by atoms with Gasteiger partial charge in [0.15, 0.2) is 5.78 Å². The third-order valence-corrected chi connectivity index (χ3v) is 2.18. The molecule has 0 saturated heterocycles. The highest BCUT2D eigenvalue weighted by molar-refractivity contribution is 5.95. The first-order chi connectivity index (χ1) is 6.83. The third-order valence-electron chi connectivity index (χ3n) is 2.18. The second-order valence-corrected chi connectivity index (χ2v) is 3.25. The zero-order chi connectivity index (χ0) is 9.97. The van der Waals surface area contributed by atoms with Crippen LogP contribution < -0.4 is 0 Å². The van der Waals surface area contributed by atoms with E-state index < -0.39 is 0 Å². The van der Waals surface area contributed by atoms with E-state index in [4.69, 9.17) is 0 Å². The van der Waals surface area contributed by atoms with Crippen molar-refractivity contribution in [3.8, 4) is 0 Å². The molecule has 0 aromatic carbocycles. The summed E-state index contributed by atoms with van der Waals surface area (Å²) in [5.74, 6) is 0.159. The standard InChI is InChI=1S/C11H12N2O/c1-2-5-10(14)9-8-12-11-6-3-4-7-13(9)11/h3-4,6-8H,2,5H2,1H3. The number of ketones is 1. The van der Waals surface area contributed by atoms with Crippen LogP contribution in [0.4, 0.5) is 0 Å². The first kappa shape index (κ1) is 8.94. The van der Waals surface area contributed by atoms with Crippen LogP contribution in [-0.2, 0) is 0 Å². The summed E-state index contributed by atoms with van der Waals surface area (Å²) >= 11 is 0. The quantitative estimate of drug-likeness (QED) is 0.693. The summed E-state index contributed by atoms with van der Waals surface area (Å²) in [5, 5.41) is 0. The highest BCUT2D eigenvalue weighted by Crippen LogP contribution is 2.09. The van der Waals surface area contributed by atoms with Gasteiger partial charge in [-0.15, -0.1) is 0 Å². The number of hydrogen-bond acceptors (Lipinski definition) is 2. The molecule has 0 fully saturated rings. The van der Waals surface area contributed by atoms with Crippen LogP contribution in [-0.4, -0.2) is 15.2 Å². The molecule has 3 heteroatoms. The van der Waals surface area contributed by atoms with Crippen molar-refractivity contribution in [3.05, 3.63) is 36.3 Å². The van der Waals surface area contributed by atoms with E-state index in [9.17, 15) is 4.79 Å². The number of carbonyl (C=O) groups is 1. The summed E-state index contributed by atoms with van der Waals surface area (Å²) in [5.41, 5.74) is 1.51. The largest absolute Gasteiger partial charge is 0.297 e. The molecule has 0 aliphatic carbocycles. The van der Waals surface area contributed by atoms with E-state index in [1.807, 2.05) is 35.7 Å². The van der Waals surface area contributed by atoms with Gasteiger partial charge in [0, 0.05) is 12.6 Å². The molecular formula is C11H12N2O. The first-order valence-electron chi connectivity index (χ1n) is 4.78. The summed E-state index contributed by atoms with van der Waals surface area (Å²) < 4.78 is 1.83. The van der Waals surface area contributed by atoms with E-state index in [0.29, 0.717) is 12.1 Å². The van der Waals surface area contributed by atoms with Crippen LogP contribution in [0.2, 0.25) is 0 Å². The molecule has 2 aromatic rings. The van der Waals surface area contributed by atoms with Gasteiger partial charge >= 0.3 is 0 Å². The minimum absolute atomic E-state index is 0.159. The normalized spacial score (nSPS) is 10.6. The van der Waals surface area contributed by atoms with E-state index >= 15 is 0 Å². The van der Waals surface area contributed by atoms with Crippen LogP contribution >= 0.6 is 0 Å². The van der Waals surface area contributed by atoms with Crippen LogP contribution in [0.25, 0.3) is 5.65 Å². The molecule has 3 nitrogen and oxygen atoms in total. The Morgan fingerprint density at radius 1 is 1.50 bits per heavy atom. The molecule has 0 aliphatic rings. The number of imidazole rings is 1. The molecule has 0 atom stereocenters. The van der Waals surface area contributed by atoms with Crippen molar-refractivity contribution in [1.29, 1.82) is 0 Å². The van der Waals surface area contributed by atoms with E-state index in [0.717, 1.165) is 12.1 Å². The summed E-state index contributed by atoms with van der Waals surface area (Å²) in [6.07, 6.45) is 4.97. The van der Waals surface area contributed by atoms with Gasteiger partial charge in [0.2, 0.25) is 0 Å². The first-order valence-corrected chi connectivity index (χ1v) is 4.78. The third kappa shape index (κ3) is 1.41. The Morgan fingerprint density at radius 2 is 2.36 bits per heavy atom. The van der Waals surface area contributed by atoms with E-state index in [1.54, 1.807) is 6.20 Å². The van der Waals surface area contributed by atoms with Crippen molar-refractivity contribution >= 4 is 11.4 Å². The summed E-state index contributed by atoms with van der Waals surface area (Å²) in [7, 11) is 0. The summed E-state index contributed by atoms with van der Waals surface area (Å²) in [6, 6.07) is 5.70. The Bertz CT molecular complexity index is 459. The lowest BCUT2D eigenvalue weighted by atomic mass is 10.2. The Kier molecular flexibility index (Phi) is 2.31. The van der Waals surface area contributed by atoms with Crippen molar-refractivity contribution in [2.75, 3.05) is 0 Å². The lowest BCUT2D eigenvalue weighted by Gasteiger charge is -1.98. The molecule has 0 unspecified atom stereocenters. The number of hydrogen-bond donors (Lipinski definition) is 0. The molecule has 0 aliphatic heterocycles. The molecule has 0 bridgehead atoms. The lowest BCUT2D eigenvalue weighted by Crippen LogP contribution is -2.02. The molecule has 0 amide bonds. The molecule has 2 aromatic heterocycles. The van der Waals surface area contributed by atoms with Gasteiger partial charge in [-0.05, 0) is 18.6 Å². The second kappa shape index (κ2) is 3.62. The molecule has 0 radical (unpaired) electrons. The Morgan fingerprint density at radius 3 is 3.14 bits per heavy atom. The molecule has 72 valence electrons. The predicted octanol–water partition coefficient (Wildman–Crippen LogP) is 2.32. The van der Waals surface area contributed by atoms with E-state index in [2.05, 4.69) is 4.98 Å².